The molecule has 8 heteroatoms. The summed E-state index contributed by atoms with van der Waals surface area (Å²) >= 11 is 1.07. The minimum Gasteiger partial charge on any atom is -0.480 e. The number of aliphatic imine (C=N–C) groups is 1. The van der Waals surface area contributed by atoms with Crippen molar-refractivity contribution in [3.63, 3.8) is 0 Å². The van der Waals surface area contributed by atoms with Crippen molar-refractivity contribution < 1.29 is 14.6 Å². The van der Waals surface area contributed by atoms with Crippen LogP contribution in [-0.4, -0.2) is 53.5 Å². The van der Waals surface area contributed by atoms with Crippen LogP contribution >= 0.6 is 11.3 Å². The Bertz CT molecular complexity index is 651. The number of hydrogen-bond donors (Lipinski definition) is 1. The summed E-state index contributed by atoms with van der Waals surface area (Å²) in [4.78, 5) is 25.8. The Morgan fingerprint density at radius 3 is 2.84 bits per heavy atom. The molecule has 2 aromatic rings. The molecule has 0 aliphatic carbocycles. The van der Waals surface area contributed by atoms with Crippen molar-refractivity contribution >= 4 is 39.8 Å². The topological polar surface area (TPSA) is 87.9 Å². The van der Waals surface area contributed by atoms with Gasteiger partial charge in [0.05, 0.1) is 18.8 Å². The molecule has 0 bridgehead atoms. The van der Waals surface area contributed by atoms with Crippen LogP contribution in [0.25, 0.3) is 10.2 Å². The van der Waals surface area contributed by atoms with E-state index >= 15 is 0 Å². The molecular formula is C11H12N4O3S. The molecule has 2 rings (SSSR count). The molecular weight excluding hydrogens is 268 g/mol. The van der Waals surface area contributed by atoms with Gasteiger partial charge in [-0.3, -0.25) is 0 Å². The molecule has 1 N–H and O–H groups in total. The average molecular weight is 280 g/mol. The minimum absolute atomic E-state index is 0.191. The predicted octanol–water partition coefficient (Wildman–Crippen LogP) is 1.62. The van der Waals surface area contributed by atoms with Crippen LogP contribution in [0.1, 0.15) is 9.67 Å². The minimum atomic E-state index is -0.997. The number of fused-ring (bicyclic) bond motifs is 1. The van der Waals surface area contributed by atoms with Gasteiger partial charge in [0.2, 0.25) is 5.88 Å². The Balaban J connectivity index is 2.55. The third-order valence-electron chi connectivity index (χ3n) is 2.15. The highest BCUT2D eigenvalue weighted by molar-refractivity contribution is 7.20. The van der Waals surface area contributed by atoms with Crippen LogP contribution in [0.2, 0.25) is 0 Å². The molecule has 0 fully saturated rings. The molecule has 19 heavy (non-hydrogen) atoms. The quantitative estimate of drug-likeness (QED) is 0.676. The zero-order valence-corrected chi connectivity index (χ0v) is 11.4. The van der Waals surface area contributed by atoms with E-state index in [9.17, 15) is 4.79 Å². The van der Waals surface area contributed by atoms with E-state index in [1.54, 1.807) is 11.2 Å². The normalized spacial score (nSPS) is 11.1. The van der Waals surface area contributed by atoms with Crippen LogP contribution in [0, 0.1) is 0 Å². The van der Waals surface area contributed by atoms with Gasteiger partial charge in [-0.25, -0.2) is 9.79 Å². The van der Waals surface area contributed by atoms with E-state index in [1.165, 1.54) is 13.2 Å². The van der Waals surface area contributed by atoms with Crippen molar-refractivity contribution in [2.24, 2.45) is 4.99 Å². The Morgan fingerprint density at radius 1 is 1.53 bits per heavy atom. The number of carboxylic acid groups (broad SMARTS) is 1. The van der Waals surface area contributed by atoms with Crippen molar-refractivity contribution in [1.82, 2.24) is 14.9 Å². The van der Waals surface area contributed by atoms with Gasteiger partial charge in [-0.15, -0.1) is 11.3 Å². The van der Waals surface area contributed by atoms with Gasteiger partial charge in [-0.05, 0) is 6.07 Å². The SMILES string of the molecule is COc1nc(N=CN(C)C)nc2sc(C(=O)O)cc12. The monoisotopic (exact) mass is 280 g/mol. The molecule has 0 amide bonds. The summed E-state index contributed by atoms with van der Waals surface area (Å²) in [6.07, 6.45) is 1.56. The zero-order valence-electron chi connectivity index (χ0n) is 10.6. The Hall–Kier alpha value is -2.22. The fourth-order valence-corrected chi connectivity index (χ4v) is 2.23. The number of carboxylic acids is 1. The molecule has 0 aliphatic heterocycles. The fourth-order valence-electron chi connectivity index (χ4n) is 1.37. The molecule has 2 aromatic heterocycles. The summed E-state index contributed by atoms with van der Waals surface area (Å²) in [6, 6.07) is 1.50. The lowest BCUT2D eigenvalue weighted by atomic mass is 10.3. The first-order chi connectivity index (χ1) is 9.01. The maximum absolute atomic E-state index is 11.0. The number of hydrogen-bond acceptors (Lipinski definition) is 6. The summed E-state index contributed by atoms with van der Waals surface area (Å²) in [6.45, 7) is 0. The number of ether oxygens (including phenoxy) is 1. The molecule has 0 atom stereocenters. The lowest BCUT2D eigenvalue weighted by Crippen LogP contribution is -2.07. The van der Waals surface area contributed by atoms with Crippen LogP contribution < -0.4 is 4.74 Å². The standard InChI is InChI=1S/C11H12N4O3S/c1-15(2)5-12-11-13-8(18-3)6-4-7(10(16)17)19-9(6)14-11/h4-5H,1-3H3,(H,16,17). The molecule has 0 aliphatic rings. The van der Waals surface area contributed by atoms with Crippen molar-refractivity contribution in [3.8, 4) is 5.88 Å². The summed E-state index contributed by atoms with van der Waals surface area (Å²) in [5.74, 6) is -0.445. The van der Waals surface area contributed by atoms with Crippen molar-refractivity contribution in [2.45, 2.75) is 0 Å². The van der Waals surface area contributed by atoms with Gasteiger partial charge in [0.1, 0.15) is 9.71 Å². The predicted molar refractivity (Wildman–Crippen MR) is 72.8 cm³/mol. The molecule has 7 nitrogen and oxygen atoms in total. The maximum Gasteiger partial charge on any atom is 0.345 e. The molecule has 0 aromatic carbocycles. The molecule has 0 unspecified atom stereocenters. The smallest absolute Gasteiger partial charge is 0.345 e. The Kier molecular flexibility index (Phi) is 3.61. The van der Waals surface area contributed by atoms with E-state index in [4.69, 9.17) is 9.84 Å². The summed E-state index contributed by atoms with van der Waals surface area (Å²) < 4.78 is 5.14. The van der Waals surface area contributed by atoms with E-state index in [-0.39, 0.29) is 10.8 Å². The largest absolute Gasteiger partial charge is 0.480 e. The highest BCUT2D eigenvalue weighted by Gasteiger charge is 2.15. The van der Waals surface area contributed by atoms with Gasteiger partial charge in [0.15, 0.2) is 0 Å². The second-order valence-electron chi connectivity index (χ2n) is 3.88. The first kappa shape index (κ1) is 13.2. The van der Waals surface area contributed by atoms with Crippen molar-refractivity contribution in [3.05, 3.63) is 10.9 Å². The number of aromatic carboxylic acids is 1. The van der Waals surface area contributed by atoms with Gasteiger partial charge < -0.3 is 14.7 Å². The summed E-state index contributed by atoms with van der Waals surface area (Å²) in [5, 5.41) is 9.56. The van der Waals surface area contributed by atoms with Crippen LogP contribution in [0.3, 0.4) is 0 Å². The average Bonchev–Trinajstić information content (AvgIpc) is 2.79. The van der Waals surface area contributed by atoms with Crippen molar-refractivity contribution in [1.29, 1.82) is 0 Å². The van der Waals surface area contributed by atoms with Crippen LogP contribution in [0.4, 0.5) is 5.95 Å². The first-order valence-electron chi connectivity index (χ1n) is 5.30. The lowest BCUT2D eigenvalue weighted by molar-refractivity contribution is 0.0702. The van der Waals surface area contributed by atoms with Crippen LogP contribution in [-0.2, 0) is 0 Å². The number of carbonyl (C=O) groups is 1. The van der Waals surface area contributed by atoms with Gasteiger partial charge >= 0.3 is 5.97 Å². The van der Waals surface area contributed by atoms with E-state index in [2.05, 4.69) is 15.0 Å². The fraction of sp³-hybridized carbons (Fsp3) is 0.273. The molecule has 100 valence electrons. The second kappa shape index (κ2) is 5.19. The Morgan fingerprint density at radius 2 is 2.26 bits per heavy atom. The molecule has 0 saturated heterocycles. The van der Waals surface area contributed by atoms with E-state index in [1.807, 2.05) is 14.1 Å². The summed E-state index contributed by atoms with van der Waals surface area (Å²) in [7, 11) is 5.12. The number of nitrogens with zero attached hydrogens (tertiary/aromatic N) is 4. The van der Waals surface area contributed by atoms with E-state index in [0.29, 0.717) is 16.1 Å². The highest BCUT2D eigenvalue weighted by atomic mass is 32.1. The van der Waals surface area contributed by atoms with Gasteiger partial charge in [-0.2, -0.15) is 9.97 Å². The van der Waals surface area contributed by atoms with Gasteiger partial charge in [-0.1, -0.05) is 0 Å². The van der Waals surface area contributed by atoms with E-state index < -0.39 is 5.97 Å². The summed E-state index contributed by atoms with van der Waals surface area (Å²) in [5.41, 5.74) is 0. The van der Waals surface area contributed by atoms with E-state index in [0.717, 1.165) is 11.3 Å². The van der Waals surface area contributed by atoms with Crippen LogP contribution in [0.5, 0.6) is 5.88 Å². The first-order valence-corrected chi connectivity index (χ1v) is 6.12. The van der Waals surface area contributed by atoms with Crippen LogP contribution in [0.15, 0.2) is 11.1 Å². The second-order valence-corrected chi connectivity index (χ2v) is 4.91. The number of rotatable bonds is 4. The third-order valence-corrected chi connectivity index (χ3v) is 3.17. The highest BCUT2D eigenvalue weighted by Crippen LogP contribution is 2.31. The molecule has 0 radical (unpaired) electrons. The molecule has 2 heterocycles. The van der Waals surface area contributed by atoms with Gasteiger partial charge in [0, 0.05) is 14.1 Å². The number of thiophene rings is 1. The number of aromatic nitrogens is 2. The number of methoxy groups -OCH3 is 1. The molecule has 0 spiro atoms. The Labute approximate surface area is 113 Å². The van der Waals surface area contributed by atoms with Gasteiger partial charge in [0.25, 0.3) is 5.95 Å². The zero-order chi connectivity index (χ0) is 14.0. The molecule has 0 saturated carbocycles. The third kappa shape index (κ3) is 2.79. The van der Waals surface area contributed by atoms with Crippen molar-refractivity contribution in [2.75, 3.05) is 21.2 Å². The lowest BCUT2D eigenvalue weighted by Gasteiger charge is -2.03. The maximum atomic E-state index is 11.0.